The molecule has 0 aromatic carbocycles. The predicted octanol–water partition coefficient (Wildman–Crippen LogP) is 0.644. The van der Waals surface area contributed by atoms with Crippen LogP contribution in [0.25, 0.3) is 0 Å². The molecule has 38 valence electrons. The minimum atomic E-state index is -0.481. The molecule has 0 aromatic rings. The fraction of sp³-hybridized carbons (Fsp3) is 0.500. The van der Waals surface area contributed by atoms with Gasteiger partial charge in [-0.1, -0.05) is 0 Å². The van der Waals surface area contributed by atoms with Gasteiger partial charge in [-0.15, -0.1) is 0 Å². The molecule has 1 heterocycles. The van der Waals surface area contributed by atoms with E-state index in [0.29, 0.717) is 0 Å². The Balaban J connectivity index is 2.79. The van der Waals surface area contributed by atoms with Crippen molar-refractivity contribution < 1.29 is 0 Å². The topological polar surface area (TPSA) is 24.4 Å². The van der Waals surface area contributed by atoms with E-state index in [1.165, 1.54) is 11.4 Å². The molecule has 0 aliphatic carbocycles. The molecule has 0 saturated heterocycles. The zero-order valence-corrected chi connectivity index (χ0v) is 7.30. The van der Waals surface area contributed by atoms with Crippen molar-refractivity contribution in [3.05, 3.63) is 11.4 Å². The van der Waals surface area contributed by atoms with Crippen LogP contribution >= 0.6 is 0 Å². The number of nitrogens with zero attached hydrogens (tertiary/aromatic N) is 1. The van der Waals surface area contributed by atoms with E-state index in [0.717, 1.165) is 0 Å². The number of hydrogen-bond donors (Lipinski definition) is 1. The van der Waals surface area contributed by atoms with Gasteiger partial charge in [-0.2, -0.15) is 0 Å². The second-order valence-electron chi connectivity index (χ2n) is 1.56. The van der Waals surface area contributed by atoms with Crippen molar-refractivity contribution in [2.75, 3.05) is 0 Å². The quantitative estimate of drug-likeness (QED) is 0.572. The van der Waals surface area contributed by atoms with Gasteiger partial charge in [-0.3, -0.25) is 0 Å². The van der Waals surface area contributed by atoms with E-state index in [1.807, 2.05) is 0 Å². The molecular formula is C4H7N2Sn-. The summed E-state index contributed by atoms with van der Waals surface area (Å²) in [6.45, 7) is 4.13. The Hall–Kier alpha value is 0.139. The molecule has 0 fully saturated rings. The molecule has 0 aromatic heterocycles. The second-order valence-corrected chi connectivity index (χ2v) is 3.55. The first-order chi connectivity index (χ1) is 3.30. The standard InChI is InChI=1S/C4H7N2.Sn/c1-3(5)4(2)6;/h5H,1-2H3;/q-1;. The maximum absolute atomic E-state index is 4.26. The summed E-state index contributed by atoms with van der Waals surface area (Å²) in [6.07, 6.45) is 0. The molecule has 1 N–H and O–H groups in total. The Morgan fingerprint density at radius 2 is 2.29 bits per heavy atom. The Morgan fingerprint density at radius 1 is 1.57 bits per heavy atom. The van der Waals surface area contributed by atoms with Gasteiger partial charge in [0.2, 0.25) is 0 Å². The molecule has 7 heavy (non-hydrogen) atoms. The van der Waals surface area contributed by atoms with Gasteiger partial charge in [0.15, 0.2) is 0 Å². The van der Waals surface area contributed by atoms with Crippen molar-refractivity contribution in [3.8, 4) is 0 Å². The summed E-state index contributed by atoms with van der Waals surface area (Å²) in [5, 5.41) is 0. The third-order valence-electron chi connectivity index (χ3n) is 1.01. The van der Waals surface area contributed by atoms with Crippen molar-refractivity contribution in [2.24, 2.45) is 3.15 Å². The Labute approximate surface area is 53.5 Å². The van der Waals surface area contributed by atoms with Crippen LogP contribution in [0.2, 0.25) is 0 Å². The number of rotatable bonds is 0. The number of nitrogens with one attached hydrogen (secondary N) is 1. The van der Waals surface area contributed by atoms with Crippen molar-refractivity contribution in [2.45, 2.75) is 13.8 Å². The molecule has 0 unspecified atom stereocenters. The molecule has 0 radical (unpaired) electrons. The third-order valence-corrected chi connectivity index (χ3v) is 3.68. The van der Waals surface area contributed by atoms with Crippen LogP contribution in [-0.4, -0.2) is 21.2 Å². The Morgan fingerprint density at radius 3 is 2.43 bits per heavy atom. The molecule has 1 aliphatic rings. The van der Waals surface area contributed by atoms with Crippen molar-refractivity contribution in [1.29, 1.82) is 0 Å². The van der Waals surface area contributed by atoms with Crippen LogP contribution in [0.4, 0.5) is 0 Å². The van der Waals surface area contributed by atoms with Gasteiger partial charge in [0.1, 0.15) is 0 Å². The van der Waals surface area contributed by atoms with E-state index in [-0.39, 0.29) is 0 Å². The van der Waals surface area contributed by atoms with E-state index in [9.17, 15) is 0 Å². The predicted molar refractivity (Wildman–Crippen MR) is 29.7 cm³/mol. The molecular weight excluding hydrogens is 195 g/mol. The van der Waals surface area contributed by atoms with Crippen molar-refractivity contribution in [1.82, 2.24) is 3.54 Å². The molecule has 0 spiro atoms. The molecule has 3 heteroatoms. The van der Waals surface area contributed by atoms with Gasteiger partial charge >= 0.3 is 53.2 Å². The fourth-order valence-electron chi connectivity index (χ4n) is 0.370. The summed E-state index contributed by atoms with van der Waals surface area (Å²) in [4.78, 5) is 0. The van der Waals surface area contributed by atoms with Crippen molar-refractivity contribution >= 4 is 21.2 Å². The van der Waals surface area contributed by atoms with Crippen LogP contribution in [0.5, 0.6) is 0 Å². The summed E-state index contributed by atoms with van der Waals surface area (Å²) >= 11 is -0.481. The monoisotopic (exact) mass is 203 g/mol. The molecule has 0 amide bonds. The van der Waals surface area contributed by atoms with E-state index in [1.54, 1.807) is 0 Å². The number of hydrogen-bond acceptors (Lipinski definition) is 2. The summed E-state index contributed by atoms with van der Waals surface area (Å²) in [6, 6.07) is 0. The first-order valence-corrected chi connectivity index (χ1v) is 4.90. The summed E-state index contributed by atoms with van der Waals surface area (Å²) < 4.78 is 7.51. The molecule has 0 bridgehead atoms. The first kappa shape index (κ1) is 5.28. The molecule has 0 saturated carbocycles. The maximum atomic E-state index is 4.26. The summed E-state index contributed by atoms with van der Waals surface area (Å²) in [5.74, 6) is 0. The van der Waals surface area contributed by atoms with Crippen LogP contribution in [-0.2, 0) is 0 Å². The van der Waals surface area contributed by atoms with Gasteiger partial charge in [-0.05, 0) is 0 Å². The van der Waals surface area contributed by atoms with Crippen LogP contribution < -0.4 is 3.54 Å². The van der Waals surface area contributed by atoms with E-state index in [2.05, 4.69) is 20.5 Å². The SMILES string of the molecule is CC1=C(C)[NH][Sn-]=[N]1. The average Bonchev–Trinajstić information content (AvgIpc) is 1.91. The van der Waals surface area contributed by atoms with E-state index in [4.69, 9.17) is 0 Å². The Kier molecular flexibility index (Phi) is 1.46. The first-order valence-electron chi connectivity index (χ1n) is 2.20. The molecule has 1 aliphatic heterocycles. The van der Waals surface area contributed by atoms with Gasteiger partial charge in [-0.25, -0.2) is 0 Å². The van der Waals surface area contributed by atoms with E-state index >= 15 is 0 Å². The van der Waals surface area contributed by atoms with Gasteiger partial charge in [0.05, 0.1) is 0 Å². The van der Waals surface area contributed by atoms with Crippen LogP contribution in [0, 0.1) is 0 Å². The van der Waals surface area contributed by atoms with Gasteiger partial charge < -0.3 is 0 Å². The third kappa shape index (κ3) is 1.02. The van der Waals surface area contributed by atoms with E-state index < -0.39 is 21.2 Å². The number of allylic oxidation sites excluding steroid dienone is 2. The summed E-state index contributed by atoms with van der Waals surface area (Å²) in [5.41, 5.74) is 2.50. The normalized spacial score (nSPS) is 18.0. The average molecular weight is 202 g/mol. The second kappa shape index (κ2) is 1.94. The zero-order valence-electron chi connectivity index (χ0n) is 4.45. The van der Waals surface area contributed by atoms with Crippen LogP contribution in [0.15, 0.2) is 14.5 Å². The molecule has 0 atom stereocenters. The van der Waals surface area contributed by atoms with Gasteiger partial charge in [0.25, 0.3) is 0 Å². The zero-order chi connectivity index (χ0) is 5.28. The minimum absolute atomic E-state index is 0.481. The molecule has 2 nitrogen and oxygen atoms in total. The van der Waals surface area contributed by atoms with Gasteiger partial charge in [0, 0.05) is 0 Å². The Bertz CT molecular complexity index is 137. The van der Waals surface area contributed by atoms with Crippen molar-refractivity contribution in [3.63, 3.8) is 0 Å². The molecule has 1 rings (SSSR count). The summed E-state index contributed by atoms with van der Waals surface area (Å²) in [7, 11) is 0. The fourth-order valence-corrected chi connectivity index (χ4v) is 2.48. The van der Waals surface area contributed by atoms with Crippen LogP contribution in [0.3, 0.4) is 0 Å². The van der Waals surface area contributed by atoms with Crippen LogP contribution in [0.1, 0.15) is 13.8 Å².